The zero-order valence-corrected chi connectivity index (χ0v) is 24.0. The van der Waals surface area contributed by atoms with Gasteiger partial charge in [-0.05, 0) is 42.7 Å². The number of hydrogen-bond acceptors (Lipinski definition) is 7. The van der Waals surface area contributed by atoms with Gasteiger partial charge in [-0.2, -0.15) is 4.31 Å². The Balaban J connectivity index is 1.33. The van der Waals surface area contributed by atoms with Crippen LogP contribution in [-0.4, -0.2) is 82.1 Å². The van der Waals surface area contributed by atoms with Crippen molar-refractivity contribution in [3.8, 4) is 16.9 Å². The van der Waals surface area contributed by atoms with E-state index in [1.54, 1.807) is 6.20 Å². The van der Waals surface area contributed by atoms with Crippen molar-refractivity contribution in [2.45, 2.75) is 54.8 Å². The first-order valence-electron chi connectivity index (χ1n) is 14.0. The quantitative estimate of drug-likeness (QED) is 0.474. The molecule has 0 bridgehead atoms. The highest BCUT2D eigenvalue weighted by Gasteiger charge is 2.47. The first kappa shape index (κ1) is 28.7. The van der Waals surface area contributed by atoms with Crippen molar-refractivity contribution in [1.29, 1.82) is 0 Å². The molecule has 2 atom stereocenters. The number of piperidine rings is 1. The molecule has 1 spiro atoms. The molecule has 1 aromatic heterocycles. The van der Waals surface area contributed by atoms with Crippen LogP contribution in [-0.2, 0) is 28.4 Å². The highest BCUT2D eigenvalue weighted by Crippen LogP contribution is 2.38. The fraction of sp³-hybridized carbons (Fsp3) is 0.448. The number of nitrogens with zero attached hydrogens (tertiary/aromatic N) is 4. The molecule has 2 N–H and O–H groups in total. The van der Waals surface area contributed by atoms with Crippen molar-refractivity contribution in [3.05, 3.63) is 66.3 Å². The van der Waals surface area contributed by atoms with Gasteiger partial charge < -0.3 is 19.7 Å². The van der Waals surface area contributed by atoms with E-state index in [0.717, 1.165) is 22.3 Å². The molecule has 2 aromatic carbocycles. The summed E-state index contributed by atoms with van der Waals surface area (Å²) in [7, 11) is -2.34. The Morgan fingerprint density at radius 2 is 1.93 bits per heavy atom. The van der Waals surface area contributed by atoms with Crippen molar-refractivity contribution in [2.75, 3.05) is 26.2 Å². The fourth-order valence-electron chi connectivity index (χ4n) is 6.17. The number of ether oxygens (including phenoxy) is 1. The normalized spacial score (nSPS) is 24.3. The molecular formula is C29H33F2N5O5S. The maximum atomic E-state index is 14.6. The van der Waals surface area contributed by atoms with Gasteiger partial charge in [0.25, 0.3) is 0 Å². The van der Waals surface area contributed by atoms with Crippen molar-refractivity contribution in [1.82, 2.24) is 24.1 Å². The number of nitrogens with one attached hydrogen (secondary N) is 1. The predicted octanol–water partition coefficient (Wildman–Crippen LogP) is 2.42. The number of aromatic nitrogens is 2. The zero-order valence-electron chi connectivity index (χ0n) is 23.2. The first-order valence-corrected chi connectivity index (χ1v) is 15.4. The number of imidazole rings is 1. The van der Waals surface area contributed by atoms with E-state index in [0.29, 0.717) is 44.5 Å². The summed E-state index contributed by atoms with van der Waals surface area (Å²) >= 11 is 0. The van der Waals surface area contributed by atoms with Crippen LogP contribution in [0, 0.1) is 11.6 Å². The molecule has 2 fully saturated rings. The molecule has 4 heterocycles. The van der Waals surface area contributed by atoms with Crippen LogP contribution in [0.4, 0.5) is 8.78 Å². The van der Waals surface area contributed by atoms with Gasteiger partial charge in [-0.3, -0.25) is 9.69 Å². The Morgan fingerprint density at radius 3 is 2.64 bits per heavy atom. The Hall–Kier alpha value is -3.39. The Kier molecular flexibility index (Phi) is 7.54. The van der Waals surface area contributed by atoms with Crippen LogP contribution in [0.15, 0.2) is 53.7 Å². The molecule has 0 aliphatic carbocycles. The van der Waals surface area contributed by atoms with Crippen LogP contribution in [0.25, 0.3) is 11.1 Å². The number of rotatable bonds is 3. The maximum Gasteiger partial charge on any atom is 0.247 e. The molecule has 3 aliphatic heterocycles. The molecule has 3 aromatic rings. The SMILES string of the molecule is Cn1ccnc1CN1CCC2(CCOc3cc(-c4ccc(F)cc4F)ccc3S(=O)(=O)N3C[C@H](O)C[C@H]3C(=O)N2)CC1. The number of sulfonamides is 1. The minimum Gasteiger partial charge on any atom is -0.492 e. The molecule has 0 unspecified atom stereocenters. The molecule has 0 saturated carbocycles. The van der Waals surface area contributed by atoms with Gasteiger partial charge in [-0.1, -0.05) is 6.07 Å². The van der Waals surface area contributed by atoms with Gasteiger partial charge >= 0.3 is 0 Å². The van der Waals surface area contributed by atoms with Gasteiger partial charge in [0.05, 0.1) is 19.3 Å². The summed E-state index contributed by atoms with van der Waals surface area (Å²) in [4.78, 5) is 20.2. The lowest BCUT2D eigenvalue weighted by Gasteiger charge is -2.43. The summed E-state index contributed by atoms with van der Waals surface area (Å²) in [5.41, 5.74) is -0.234. The van der Waals surface area contributed by atoms with Crippen molar-refractivity contribution in [2.24, 2.45) is 7.05 Å². The predicted molar refractivity (Wildman–Crippen MR) is 149 cm³/mol. The number of hydrogen-bond donors (Lipinski definition) is 2. The van der Waals surface area contributed by atoms with E-state index < -0.39 is 45.2 Å². The lowest BCUT2D eigenvalue weighted by atomic mass is 9.84. The third-order valence-electron chi connectivity index (χ3n) is 8.63. The summed E-state index contributed by atoms with van der Waals surface area (Å²) in [6.07, 6.45) is 4.26. The van der Waals surface area contributed by atoms with Crippen LogP contribution >= 0.6 is 0 Å². The lowest BCUT2D eigenvalue weighted by molar-refractivity contribution is -0.127. The third kappa shape index (κ3) is 5.41. The largest absolute Gasteiger partial charge is 0.492 e. The van der Waals surface area contributed by atoms with E-state index in [1.807, 2.05) is 17.8 Å². The topological polar surface area (TPSA) is 117 Å². The van der Waals surface area contributed by atoms with E-state index in [4.69, 9.17) is 4.74 Å². The third-order valence-corrected chi connectivity index (χ3v) is 10.5. The van der Waals surface area contributed by atoms with Gasteiger partial charge in [-0.25, -0.2) is 22.2 Å². The molecular weight excluding hydrogens is 568 g/mol. The Morgan fingerprint density at radius 1 is 1.14 bits per heavy atom. The second-order valence-electron chi connectivity index (χ2n) is 11.4. The minimum atomic E-state index is -4.28. The highest BCUT2D eigenvalue weighted by atomic mass is 32.2. The molecule has 13 heteroatoms. The number of aliphatic hydroxyl groups is 1. The number of amides is 1. The summed E-state index contributed by atoms with van der Waals surface area (Å²) in [6, 6.07) is 6.26. The van der Waals surface area contributed by atoms with E-state index in [9.17, 15) is 27.1 Å². The zero-order chi connectivity index (χ0) is 29.6. The average molecular weight is 602 g/mol. The number of benzene rings is 2. The molecule has 1 amide bonds. The summed E-state index contributed by atoms with van der Waals surface area (Å²) in [5.74, 6) is -1.01. The standard InChI is InChI=1S/C29H33F2N5O5S/c1-34-12-9-32-27(34)18-35-10-6-29(7-11-35)8-13-41-25-14-19(22-4-3-20(30)15-23(22)31)2-5-26(25)42(39,40)36-17-21(37)16-24(36)28(38)33-29/h2-5,9,12,14-15,21,24,37H,6-8,10-11,13,16-18H2,1H3,(H,33,38)/t21-,24+/m1/s1. The smallest absolute Gasteiger partial charge is 0.247 e. The van der Waals surface area contributed by atoms with E-state index in [-0.39, 0.29) is 35.8 Å². The summed E-state index contributed by atoms with van der Waals surface area (Å²) in [6.45, 7) is 1.91. The fourth-order valence-corrected chi connectivity index (χ4v) is 7.92. The Labute approximate surface area is 243 Å². The number of aryl methyl sites for hydroxylation is 1. The lowest BCUT2D eigenvalue weighted by Crippen LogP contribution is -2.59. The average Bonchev–Trinajstić information content (AvgIpc) is 3.55. The van der Waals surface area contributed by atoms with Gasteiger partial charge in [0.2, 0.25) is 15.9 Å². The summed E-state index contributed by atoms with van der Waals surface area (Å²) in [5, 5.41) is 13.6. The van der Waals surface area contributed by atoms with Gasteiger partial charge in [0.1, 0.15) is 34.1 Å². The van der Waals surface area contributed by atoms with Crippen molar-refractivity contribution in [3.63, 3.8) is 0 Å². The van der Waals surface area contributed by atoms with Gasteiger partial charge in [0.15, 0.2) is 0 Å². The monoisotopic (exact) mass is 601 g/mol. The number of halogens is 2. The van der Waals surface area contributed by atoms with Crippen LogP contribution in [0.2, 0.25) is 0 Å². The summed E-state index contributed by atoms with van der Waals surface area (Å²) < 4.78 is 65.1. The minimum absolute atomic E-state index is 0.00748. The molecule has 0 radical (unpaired) electrons. The molecule has 42 heavy (non-hydrogen) atoms. The van der Waals surface area contributed by atoms with Crippen LogP contribution in [0.3, 0.4) is 0 Å². The highest BCUT2D eigenvalue weighted by molar-refractivity contribution is 7.89. The molecule has 6 rings (SSSR count). The number of carbonyl (C=O) groups is 1. The number of fused-ring (bicyclic) bond motifs is 2. The number of carbonyl (C=O) groups excluding carboxylic acids is 1. The molecule has 2 saturated heterocycles. The molecule has 10 nitrogen and oxygen atoms in total. The maximum absolute atomic E-state index is 14.6. The molecule has 3 aliphatic rings. The second-order valence-corrected chi connectivity index (χ2v) is 13.2. The van der Waals surface area contributed by atoms with Crippen molar-refractivity contribution < 1.29 is 31.8 Å². The van der Waals surface area contributed by atoms with Gasteiger partial charge in [-0.15, -0.1) is 0 Å². The van der Waals surface area contributed by atoms with Crippen LogP contribution in [0.5, 0.6) is 5.75 Å². The van der Waals surface area contributed by atoms with E-state index >= 15 is 0 Å². The Bertz CT molecular complexity index is 1610. The second kappa shape index (κ2) is 11.0. The van der Waals surface area contributed by atoms with E-state index in [2.05, 4.69) is 15.2 Å². The van der Waals surface area contributed by atoms with Crippen LogP contribution < -0.4 is 10.1 Å². The number of aliphatic hydroxyl groups excluding tert-OH is 1. The van der Waals surface area contributed by atoms with Gasteiger partial charge in [0, 0.05) is 69.1 Å². The van der Waals surface area contributed by atoms with E-state index in [1.165, 1.54) is 24.3 Å². The molecule has 224 valence electrons. The van der Waals surface area contributed by atoms with Crippen molar-refractivity contribution >= 4 is 15.9 Å². The first-order chi connectivity index (χ1) is 20.0. The number of likely N-dealkylation sites (tertiary alicyclic amines) is 1. The van der Waals surface area contributed by atoms with Crippen LogP contribution in [0.1, 0.15) is 31.5 Å².